The van der Waals surface area contributed by atoms with Crippen molar-refractivity contribution < 1.29 is 14.6 Å². The second-order valence-electron chi connectivity index (χ2n) is 4.67. The van der Waals surface area contributed by atoms with Crippen molar-refractivity contribution in [2.24, 2.45) is 10.7 Å². The molecule has 0 saturated carbocycles. The SMILES string of the molecule is CCCCNC(N)=NCC(O)c1cc(OC)cc(OC)c1.I. The number of hydrogen-bond acceptors (Lipinski definition) is 4. The third kappa shape index (κ3) is 7.17. The highest BCUT2D eigenvalue weighted by molar-refractivity contribution is 14.0. The zero-order valence-corrected chi connectivity index (χ0v) is 15.7. The van der Waals surface area contributed by atoms with E-state index in [1.165, 1.54) is 0 Å². The van der Waals surface area contributed by atoms with Gasteiger partial charge in [0.2, 0.25) is 0 Å². The lowest BCUT2D eigenvalue weighted by Gasteiger charge is -2.13. The normalized spacial score (nSPS) is 12.3. The number of methoxy groups -OCH3 is 2. The van der Waals surface area contributed by atoms with Gasteiger partial charge in [-0.1, -0.05) is 13.3 Å². The summed E-state index contributed by atoms with van der Waals surface area (Å²) in [5.74, 6) is 1.60. The average molecular weight is 423 g/mol. The second-order valence-corrected chi connectivity index (χ2v) is 4.67. The summed E-state index contributed by atoms with van der Waals surface area (Å²) in [6, 6.07) is 5.26. The van der Waals surface area contributed by atoms with E-state index in [9.17, 15) is 5.11 Å². The molecule has 1 atom stereocenters. The lowest BCUT2D eigenvalue weighted by Crippen LogP contribution is -2.32. The van der Waals surface area contributed by atoms with Crippen molar-refractivity contribution in [1.29, 1.82) is 0 Å². The number of nitrogens with one attached hydrogen (secondary N) is 1. The summed E-state index contributed by atoms with van der Waals surface area (Å²) in [5, 5.41) is 13.2. The Morgan fingerprint density at radius 1 is 1.27 bits per heavy atom. The van der Waals surface area contributed by atoms with Gasteiger partial charge in [0.05, 0.1) is 26.9 Å². The van der Waals surface area contributed by atoms with Crippen molar-refractivity contribution in [2.45, 2.75) is 25.9 Å². The maximum atomic E-state index is 10.2. The first kappa shape index (κ1) is 20.8. The van der Waals surface area contributed by atoms with Gasteiger partial charge in [0.25, 0.3) is 0 Å². The molecule has 0 bridgehead atoms. The van der Waals surface area contributed by atoms with Gasteiger partial charge in [0, 0.05) is 12.6 Å². The Morgan fingerprint density at radius 2 is 1.86 bits per heavy atom. The van der Waals surface area contributed by atoms with E-state index in [0.29, 0.717) is 23.0 Å². The molecular formula is C15H26IN3O3. The molecule has 1 aromatic carbocycles. The molecule has 0 saturated heterocycles. The van der Waals surface area contributed by atoms with Crippen LogP contribution in [-0.2, 0) is 0 Å². The Kier molecular flexibility index (Phi) is 10.7. The number of nitrogens with two attached hydrogens (primary N) is 1. The summed E-state index contributed by atoms with van der Waals surface area (Å²) < 4.78 is 10.3. The van der Waals surface area contributed by atoms with Crippen LogP contribution in [0.5, 0.6) is 11.5 Å². The average Bonchev–Trinajstić information content (AvgIpc) is 2.52. The van der Waals surface area contributed by atoms with Crippen molar-refractivity contribution in [1.82, 2.24) is 5.32 Å². The fourth-order valence-corrected chi connectivity index (χ4v) is 1.76. The van der Waals surface area contributed by atoms with Gasteiger partial charge in [-0.05, 0) is 24.1 Å². The van der Waals surface area contributed by atoms with Gasteiger partial charge in [-0.2, -0.15) is 0 Å². The molecule has 0 aliphatic rings. The minimum atomic E-state index is -0.763. The summed E-state index contributed by atoms with van der Waals surface area (Å²) in [7, 11) is 3.14. The Balaban J connectivity index is 0.00000441. The monoisotopic (exact) mass is 423 g/mol. The predicted octanol–water partition coefficient (Wildman–Crippen LogP) is 2.06. The van der Waals surface area contributed by atoms with Gasteiger partial charge in [-0.15, -0.1) is 24.0 Å². The van der Waals surface area contributed by atoms with E-state index in [2.05, 4.69) is 17.2 Å². The molecule has 126 valence electrons. The van der Waals surface area contributed by atoms with Crippen LogP contribution in [0, 0.1) is 0 Å². The smallest absolute Gasteiger partial charge is 0.188 e. The number of hydrogen-bond donors (Lipinski definition) is 3. The molecule has 1 unspecified atom stereocenters. The number of guanidine groups is 1. The van der Waals surface area contributed by atoms with Gasteiger partial charge in [0.15, 0.2) is 5.96 Å². The molecule has 0 amide bonds. The maximum Gasteiger partial charge on any atom is 0.188 e. The zero-order chi connectivity index (χ0) is 15.7. The van der Waals surface area contributed by atoms with Crippen molar-refractivity contribution in [3.8, 4) is 11.5 Å². The number of nitrogens with zero attached hydrogens (tertiary/aromatic N) is 1. The first-order valence-electron chi connectivity index (χ1n) is 7.05. The molecule has 7 heteroatoms. The molecule has 0 aromatic heterocycles. The Bertz CT molecular complexity index is 447. The molecule has 0 radical (unpaired) electrons. The number of aliphatic hydroxyl groups excluding tert-OH is 1. The molecule has 22 heavy (non-hydrogen) atoms. The molecular weight excluding hydrogens is 397 g/mol. The minimum absolute atomic E-state index is 0. The van der Waals surface area contributed by atoms with E-state index in [4.69, 9.17) is 15.2 Å². The van der Waals surface area contributed by atoms with Crippen LogP contribution >= 0.6 is 24.0 Å². The lowest BCUT2D eigenvalue weighted by molar-refractivity contribution is 0.186. The zero-order valence-electron chi connectivity index (χ0n) is 13.3. The number of aliphatic hydroxyl groups is 1. The van der Waals surface area contributed by atoms with E-state index in [1.807, 2.05) is 0 Å². The highest BCUT2D eigenvalue weighted by atomic mass is 127. The molecule has 0 heterocycles. The first-order chi connectivity index (χ1) is 10.1. The van der Waals surface area contributed by atoms with E-state index < -0.39 is 6.10 Å². The molecule has 0 aliphatic carbocycles. The fourth-order valence-electron chi connectivity index (χ4n) is 1.76. The number of unbranched alkanes of at least 4 members (excludes halogenated alkanes) is 1. The van der Waals surface area contributed by atoms with Gasteiger partial charge in [-0.3, -0.25) is 4.99 Å². The first-order valence-corrected chi connectivity index (χ1v) is 7.05. The number of benzene rings is 1. The molecule has 0 spiro atoms. The van der Waals surface area contributed by atoms with Gasteiger partial charge >= 0.3 is 0 Å². The maximum absolute atomic E-state index is 10.2. The van der Waals surface area contributed by atoms with Crippen molar-refractivity contribution >= 4 is 29.9 Å². The van der Waals surface area contributed by atoms with E-state index in [-0.39, 0.29) is 30.5 Å². The molecule has 0 fully saturated rings. The van der Waals surface area contributed by atoms with Crippen LogP contribution in [0.25, 0.3) is 0 Å². The Labute approximate surface area is 149 Å². The van der Waals surface area contributed by atoms with Gasteiger partial charge in [0.1, 0.15) is 11.5 Å². The largest absolute Gasteiger partial charge is 0.497 e. The summed E-state index contributed by atoms with van der Waals surface area (Å²) in [6.45, 7) is 3.07. The third-order valence-corrected chi connectivity index (χ3v) is 3.03. The Hall–Kier alpha value is -1.22. The summed E-state index contributed by atoms with van der Waals surface area (Å²) >= 11 is 0. The van der Waals surface area contributed by atoms with Crippen molar-refractivity contribution in [3.63, 3.8) is 0 Å². The number of rotatable bonds is 8. The van der Waals surface area contributed by atoms with Gasteiger partial charge < -0.3 is 25.6 Å². The molecule has 1 rings (SSSR count). The number of halogens is 1. The van der Waals surface area contributed by atoms with Crippen LogP contribution in [0.1, 0.15) is 31.4 Å². The van der Waals surface area contributed by atoms with Crippen molar-refractivity contribution in [2.75, 3.05) is 27.3 Å². The molecule has 4 N–H and O–H groups in total. The van der Waals surface area contributed by atoms with Crippen LogP contribution in [0.3, 0.4) is 0 Å². The van der Waals surface area contributed by atoms with Crippen LogP contribution < -0.4 is 20.5 Å². The molecule has 0 aliphatic heterocycles. The number of aliphatic imine (C=N–C) groups is 1. The summed E-state index contributed by atoms with van der Waals surface area (Å²) in [6.07, 6.45) is 1.36. The minimum Gasteiger partial charge on any atom is -0.497 e. The highest BCUT2D eigenvalue weighted by Gasteiger charge is 2.10. The second kappa shape index (κ2) is 11.4. The van der Waals surface area contributed by atoms with E-state index in [0.717, 1.165) is 19.4 Å². The Morgan fingerprint density at radius 3 is 2.36 bits per heavy atom. The van der Waals surface area contributed by atoms with E-state index >= 15 is 0 Å². The van der Waals surface area contributed by atoms with Crippen molar-refractivity contribution in [3.05, 3.63) is 23.8 Å². The predicted molar refractivity (Wildman–Crippen MR) is 99.3 cm³/mol. The molecule has 1 aromatic rings. The number of ether oxygens (including phenoxy) is 2. The highest BCUT2D eigenvalue weighted by Crippen LogP contribution is 2.26. The molecule has 6 nitrogen and oxygen atoms in total. The van der Waals surface area contributed by atoms with Crippen LogP contribution in [-0.4, -0.2) is 38.4 Å². The topological polar surface area (TPSA) is 89.1 Å². The van der Waals surface area contributed by atoms with Crippen LogP contribution in [0.4, 0.5) is 0 Å². The lowest BCUT2D eigenvalue weighted by atomic mass is 10.1. The fraction of sp³-hybridized carbons (Fsp3) is 0.533. The van der Waals surface area contributed by atoms with Crippen LogP contribution in [0.15, 0.2) is 23.2 Å². The quantitative estimate of drug-likeness (QED) is 0.258. The summed E-state index contributed by atoms with van der Waals surface area (Å²) in [4.78, 5) is 4.13. The van der Waals surface area contributed by atoms with Crippen LogP contribution in [0.2, 0.25) is 0 Å². The van der Waals surface area contributed by atoms with E-state index in [1.54, 1.807) is 32.4 Å². The van der Waals surface area contributed by atoms with Gasteiger partial charge in [-0.25, -0.2) is 0 Å². The standard InChI is InChI=1S/C15H25N3O3.HI/c1-4-5-6-17-15(16)18-10-14(19)11-7-12(20-2)9-13(8-11)21-3;/h7-9,14,19H,4-6,10H2,1-3H3,(H3,16,17,18);1H. The summed E-state index contributed by atoms with van der Waals surface area (Å²) in [5.41, 5.74) is 6.41. The third-order valence-electron chi connectivity index (χ3n) is 3.03.